The number of alkyl halides is 1. The molecule has 1 aromatic rings. The van der Waals surface area contributed by atoms with Crippen LogP contribution in [0.2, 0.25) is 0 Å². The number of aryl methyl sites for hydroxylation is 1. The third-order valence-electron chi connectivity index (χ3n) is 3.58. The number of halogens is 1. The highest BCUT2D eigenvalue weighted by Gasteiger charge is 2.29. The van der Waals surface area contributed by atoms with Gasteiger partial charge in [-0.3, -0.25) is 0 Å². The maximum absolute atomic E-state index is 12.6. The molecule has 0 aromatic carbocycles. The van der Waals surface area contributed by atoms with Gasteiger partial charge in [0.2, 0.25) is 0 Å². The third-order valence-corrected chi connectivity index (χ3v) is 7.60. The lowest BCUT2D eigenvalue weighted by Gasteiger charge is -2.33. The Morgan fingerprint density at radius 2 is 1.95 bits per heavy atom. The Balaban J connectivity index is 2.11. The van der Waals surface area contributed by atoms with Crippen molar-refractivity contribution in [2.45, 2.75) is 30.4 Å². The molecule has 0 spiro atoms. The monoisotopic (exact) mass is 336 g/mol. The lowest BCUT2D eigenvalue weighted by atomic mass is 10.3. The Morgan fingerprint density at radius 1 is 1.30 bits per heavy atom. The summed E-state index contributed by atoms with van der Waals surface area (Å²) in [5.74, 6) is 0.371. The molecule has 1 fully saturated rings. The Hall–Kier alpha value is -0.140. The molecule has 1 saturated heterocycles. The van der Waals surface area contributed by atoms with E-state index in [4.69, 9.17) is 11.6 Å². The lowest BCUT2D eigenvalue weighted by molar-refractivity contribution is 0.189. The Bertz CT molecular complexity index is 549. The first-order valence-electron chi connectivity index (χ1n) is 6.86. The maximum atomic E-state index is 12.6. The average Bonchev–Trinajstić information content (AvgIpc) is 2.82. The van der Waals surface area contributed by atoms with Crippen molar-refractivity contribution in [2.24, 2.45) is 0 Å². The zero-order valence-corrected chi connectivity index (χ0v) is 14.3. The predicted octanol–water partition coefficient (Wildman–Crippen LogP) is 2.51. The molecule has 0 bridgehead atoms. The summed E-state index contributed by atoms with van der Waals surface area (Å²) in [6.45, 7) is 7.89. The van der Waals surface area contributed by atoms with E-state index in [1.54, 1.807) is 10.4 Å². The van der Waals surface area contributed by atoms with Gasteiger partial charge in [0.25, 0.3) is 10.0 Å². The summed E-state index contributed by atoms with van der Waals surface area (Å²) in [5, 5.41) is 0. The lowest BCUT2D eigenvalue weighted by Crippen LogP contribution is -2.48. The number of nitrogens with zero attached hydrogens (tertiary/aromatic N) is 2. The molecule has 0 atom stereocenters. The van der Waals surface area contributed by atoms with Crippen LogP contribution in [0.3, 0.4) is 0 Å². The second-order valence-corrected chi connectivity index (χ2v) is 8.62. The number of thiophene rings is 1. The van der Waals surface area contributed by atoms with Gasteiger partial charge < -0.3 is 4.90 Å². The van der Waals surface area contributed by atoms with Gasteiger partial charge in [-0.2, -0.15) is 4.31 Å². The van der Waals surface area contributed by atoms with Crippen LogP contribution in [0.1, 0.15) is 23.8 Å². The fourth-order valence-corrected chi connectivity index (χ4v) is 5.78. The van der Waals surface area contributed by atoms with Gasteiger partial charge in [0.15, 0.2) is 0 Å². The molecule has 0 amide bonds. The molecule has 0 unspecified atom stereocenters. The SMILES string of the molecule is CCCN1CCN(S(=O)(=O)c2cc(C)c(CCl)s2)CC1. The van der Waals surface area contributed by atoms with Crippen LogP contribution in [-0.2, 0) is 15.9 Å². The minimum absolute atomic E-state index is 0.371. The van der Waals surface area contributed by atoms with Crippen LogP contribution in [0.15, 0.2) is 10.3 Å². The molecule has 114 valence electrons. The van der Waals surface area contributed by atoms with Crippen LogP contribution in [-0.4, -0.2) is 50.3 Å². The number of piperazine rings is 1. The van der Waals surface area contributed by atoms with E-state index in [1.165, 1.54) is 11.3 Å². The van der Waals surface area contributed by atoms with Gasteiger partial charge in [-0.05, 0) is 31.5 Å². The summed E-state index contributed by atoms with van der Waals surface area (Å²) in [7, 11) is -3.35. The first-order valence-corrected chi connectivity index (χ1v) is 9.66. The van der Waals surface area contributed by atoms with Gasteiger partial charge in [-0.25, -0.2) is 8.42 Å². The van der Waals surface area contributed by atoms with Crippen LogP contribution in [0.4, 0.5) is 0 Å². The van der Waals surface area contributed by atoms with Crippen molar-refractivity contribution in [2.75, 3.05) is 32.7 Å². The number of sulfonamides is 1. The molecule has 2 heterocycles. The Morgan fingerprint density at radius 3 is 2.45 bits per heavy atom. The number of rotatable bonds is 5. The molecule has 20 heavy (non-hydrogen) atoms. The molecule has 0 radical (unpaired) electrons. The van der Waals surface area contributed by atoms with Crippen molar-refractivity contribution < 1.29 is 8.42 Å². The molecule has 7 heteroatoms. The minimum Gasteiger partial charge on any atom is -0.301 e. The summed E-state index contributed by atoms with van der Waals surface area (Å²) in [6.07, 6.45) is 1.11. The first kappa shape index (κ1) is 16.2. The van der Waals surface area contributed by atoms with Crippen molar-refractivity contribution in [3.8, 4) is 0 Å². The minimum atomic E-state index is -3.35. The van der Waals surface area contributed by atoms with Crippen molar-refractivity contribution >= 4 is 33.0 Å². The molecule has 4 nitrogen and oxygen atoms in total. The Labute approximate surface area is 130 Å². The molecule has 1 aliphatic rings. The number of hydrogen-bond acceptors (Lipinski definition) is 4. The van der Waals surface area contributed by atoms with Gasteiger partial charge in [0.1, 0.15) is 4.21 Å². The fraction of sp³-hybridized carbons (Fsp3) is 0.692. The highest BCUT2D eigenvalue weighted by molar-refractivity contribution is 7.91. The quantitative estimate of drug-likeness (QED) is 0.776. The Kier molecular flexibility index (Phi) is 5.48. The van der Waals surface area contributed by atoms with Crippen LogP contribution >= 0.6 is 22.9 Å². The van der Waals surface area contributed by atoms with E-state index in [9.17, 15) is 8.42 Å². The zero-order chi connectivity index (χ0) is 14.8. The second-order valence-electron chi connectivity index (χ2n) is 5.05. The summed E-state index contributed by atoms with van der Waals surface area (Å²) in [4.78, 5) is 3.26. The predicted molar refractivity (Wildman–Crippen MR) is 84.1 cm³/mol. The highest BCUT2D eigenvalue weighted by atomic mass is 35.5. The van der Waals surface area contributed by atoms with Crippen molar-refractivity contribution in [3.63, 3.8) is 0 Å². The van der Waals surface area contributed by atoms with E-state index in [0.717, 1.165) is 36.5 Å². The van der Waals surface area contributed by atoms with Crippen molar-refractivity contribution in [3.05, 3.63) is 16.5 Å². The molecular formula is C13H21ClN2O2S2. The third kappa shape index (κ3) is 3.36. The largest absolute Gasteiger partial charge is 0.301 e. The fourth-order valence-electron chi connectivity index (χ4n) is 2.39. The topological polar surface area (TPSA) is 40.6 Å². The van der Waals surface area contributed by atoms with E-state index < -0.39 is 10.0 Å². The van der Waals surface area contributed by atoms with E-state index in [2.05, 4.69) is 11.8 Å². The molecular weight excluding hydrogens is 316 g/mol. The standard InChI is InChI=1S/C13H21ClN2O2S2/c1-3-4-15-5-7-16(8-6-15)20(17,18)13-9-11(2)12(10-14)19-13/h9H,3-8,10H2,1-2H3. The first-order chi connectivity index (χ1) is 9.48. The van der Waals surface area contributed by atoms with Gasteiger partial charge in [0.05, 0.1) is 5.88 Å². The average molecular weight is 337 g/mol. The molecule has 0 saturated carbocycles. The van der Waals surface area contributed by atoms with Crippen molar-refractivity contribution in [1.82, 2.24) is 9.21 Å². The summed E-state index contributed by atoms with van der Waals surface area (Å²) in [6, 6.07) is 1.75. The van der Waals surface area contributed by atoms with Crippen molar-refractivity contribution in [1.29, 1.82) is 0 Å². The number of hydrogen-bond donors (Lipinski definition) is 0. The highest BCUT2D eigenvalue weighted by Crippen LogP contribution is 2.30. The summed E-state index contributed by atoms with van der Waals surface area (Å²) < 4.78 is 27.2. The molecule has 0 aliphatic carbocycles. The van der Waals surface area contributed by atoms with E-state index in [0.29, 0.717) is 23.2 Å². The summed E-state index contributed by atoms with van der Waals surface area (Å²) in [5.41, 5.74) is 0.966. The van der Waals surface area contributed by atoms with E-state index in [-0.39, 0.29) is 0 Å². The molecule has 1 aromatic heterocycles. The van der Waals surface area contributed by atoms with Gasteiger partial charge >= 0.3 is 0 Å². The molecule has 0 N–H and O–H groups in total. The van der Waals surface area contributed by atoms with Crippen LogP contribution in [0.5, 0.6) is 0 Å². The molecule has 2 rings (SSSR count). The van der Waals surface area contributed by atoms with E-state index in [1.807, 2.05) is 6.92 Å². The van der Waals surface area contributed by atoms with Crippen LogP contribution in [0, 0.1) is 6.92 Å². The zero-order valence-electron chi connectivity index (χ0n) is 11.9. The van der Waals surface area contributed by atoms with Gasteiger partial charge in [-0.1, -0.05) is 6.92 Å². The van der Waals surface area contributed by atoms with Crippen LogP contribution < -0.4 is 0 Å². The smallest absolute Gasteiger partial charge is 0.252 e. The van der Waals surface area contributed by atoms with Gasteiger partial charge in [0, 0.05) is 31.1 Å². The summed E-state index contributed by atoms with van der Waals surface area (Å²) >= 11 is 7.13. The molecule has 1 aliphatic heterocycles. The normalized spacial score (nSPS) is 18.6. The van der Waals surface area contributed by atoms with E-state index >= 15 is 0 Å². The maximum Gasteiger partial charge on any atom is 0.252 e. The van der Waals surface area contributed by atoms with Crippen LogP contribution in [0.25, 0.3) is 0 Å². The van der Waals surface area contributed by atoms with Gasteiger partial charge in [-0.15, -0.1) is 22.9 Å². The second kappa shape index (κ2) is 6.75.